The normalized spacial score (nSPS) is 11.4. The second kappa shape index (κ2) is 8.35. The maximum absolute atomic E-state index is 13.2. The van der Waals surface area contributed by atoms with E-state index in [-0.39, 0.29) is 18.2 Å². The minimum Gasteiger partial charge on any atom is -0.481 e. The first-order valence-corrected chi connectivity index (χ1v) is 9.83. The van der Waals surface area contributed by atoms with Gasteiger partial charge in [-0.05, 0) is 11.1 Å². The van der Waals surface area contributed by atoms with Crippen LogP contribution in [0.5, 0.6) is 0 Å². The monoisotopic (exact) mass is 394 g/mol. The van der Waals surface area contributed by atoms with Gasteiger partial charge >= 0.3 is 5.97 Å². The number of benzene rings is 2. The van der Waals surface area contributed by atoms with Gasteiger partial charge < -0.3 is 10.4 Å². The van der Waals surface area contributed by atoms with E-state index in [1.54, 1.807) is 5.38 Å². The Bertz CT molecular complexity index is 913. The number of hydrogen-bond acceptors (Lipinski definition) is 4. The van der Waals surface area contributed by atoms with Crippen LogP contribution in [0.2, 0.25) is 0 Å². The molecule has 0 unspecified atom stereocenters. The average molecular weight is 394 g/mol. The van der Waals surface area contributed by atoms with Gasteiger partial charge in [0.15, 0.2) is 5.13 Å². The van der Waals surface area contributed by atoms with Gasteiger partial charge in [0.05, 0.1) is 17.5 Å². The summed E-state index contributed by atoms with van der Waals surface area (Å²) >= 11 is 1.23. The molecule has 0 radical (unpaired) electrons. The molecule has 0 saturated heterocycles. The third-order valence-electron chi connectivity index (χ3n) is 4.68. The van der Waals surface area contributed by atoms with Crippen molar-refractivity contribution in [3.05, 3.63) is 82.9 Å². The minimum absolute atomic E-state index is 0.145. The van der Waals surface area contributed by atoms with Gasteiger partial charge in [0.25, 0.3) is 0 Å². The van der Waals surface area contributed by atoms with Crippen molar-refractivity contribution in [2.45, 2.75) is 26.2 Å². The number of nitrogens with zero attached hydrogens (tertiary/aromatic N) is 1. The summed E-state index contributed by atoms with van der Waals surface area (Å²) in [4.78, 5) is 28.2. The number of amides is 1. The number of thiazole rings is 1. The molecular weight excluding hydrogens is 372 g/mol. The van der Waals surface area contributed by atoms with Crippen LogP contribution in [0.15, 0.2) is 66.0 Å². The van der Waals surface area contributed by atoms with Crippen molar-refractivity contribution in [1.29, 1.82) is 0 Å². The van der Waals surface area contributed by atoms with Crippen LogP contribution in [0.4, 0.5) is 5.13 Å². The lowest BCUT2D eigenvalue weighted by Crippen LogP contribution is -2.37. The van der Waals surface area contributed by atoms with Crippen molar-refractivity contribution < 1.29 is 14.7 Å². The zero-order chi connectivity index (χ0) is 20.1. The maximum Gasteiger partial charge on any atom is 0.309 e. The van der Waals surface area contributed by atoms with Gasteiger partial charge in [0, 0.05) is 11.3 Å². The highest BCUT2D eigenvalue weighted by Crippen LogP contribution is 2.41. The third-order valence-corrected chi connectivity index (χ3v) is 5.48. The highest BCUT2D eigenvalue weighted by molar-refractivity contribution is 7.13. The molecule has 6 heteroatoms. The molecule has 1 amide bonds. The smallest absolute Gasteiger partial charge is 0.309 e. The minimum atomic E-state index is -0.947. The fraction of sp³-hybridized carbons (Fsp3) is 0.227. The molecule has 0 saturated carbocycles. The second-order valence-corrected chi connectivity index (χ2v) is 8.00. The van der Waals surface area contributed by atoms with Gasteiger partial charge in [0.1, 0.15) is 0 Å². The summed E-state index contributed by atoms with van der Waals surface area (Å²) in [5, 5.41) is 13.8. The predicted molar refractivity (Wildman–Crippen MR) is 111 cm³/mol. The van der Waals surface area contributed by atoms with Crippen LogP contribution in [0, 0.1) is 5.41 Å². The summed E-state index contributed by atoms with van der Waals surface area (Å²) in [5.41, 5.74) is 1.79. The molecule has 0 aliphatic rings. The Morgan fingerprint density at radius 1 is 1.04 bits per heavy atom. The molecule has 2 aromatic carbocycles. The molecule has 5 nitrogen and oxygen atoms in total. The number of carbonyl (C=O) groups excluding carboxylic acids is 1. The Kier molecular flexibility index (Phi) is 5.90. The zero-order valence-corrected chi connectivity index (χ0v) is 16.6. The van der Waals surface area contributed by atoms with Crippen LogP contribution < -0.4 is 5.32 Å². The predicted octanol–water partition coefficient (Wildman–Crippen LogP) is 4.57. The Labute approximate surface area is 168 Å². The SMILES string of the molecule is CC(C)(C(=O)Nc1nc(CC(=O)O)cs1)C(c1ccccc1)c1ccccc1. The number of carboxylic acid groups (broad SMARTS) is 1. The van der Waals surface area contributed by atoms with Crippen molar-refractivity contribution in [2.24, 2.45) is 5.41 Å². The Morgan fingerprint density at radius 3 is 2.07 bits per heavy atom. The molecule has 0 aliphatic carbocycles. The van der Waals surface area contributed by atoms with E-state index in [9.17, 15) is 9.59 Å². The number of carbonyl (C=O) groups is 2. The molecule has 1 aromatic heterocycles. The third kappa shape index (κ3) is 4.46. The van der Waals surface area contributed by atoms with Crippen LogP contribution in [-0.2, 0) is 16.0 Å². The molecule has 0 aliphatic heterocycles. The molecule has 3 rings (SSSR count). The van der Waals surface area contributed by atoms with Crippen molar-refractivity contribution in [3.63, 3.8) is 0 Å². The second-order valence-electron chi connectivity index (χ2n) is 7.14. The van der Waals surface area contributed by atoms with Crippen LogP contribution >= 0.6 is 11.3 Å². The molecule has 0 bridgehead atoms. The number of hydrogen-bond donors (Lipinski definition) is 2. The molecule has 28 heavy (non-hydrogen) atoms. The number of aliphatic carboxylic acids is 1. The van der Waals surface area contributed by atoms with Gasteiger partial charge in [-0.2, -0.15) is 0 Å². The molecular formula is C22H22N2O3S. The first-order valence-electron chi connectivity index (χ1n) is 8.95. The van der Waals surface area contributed by atoms with Crippen molar-refractivity contribution >= 4 is 28.3 Å². The summed E-state index contributed by atoms with van der Waals surface area (Å²) < 4.78 is 0. The maximum atomic E-state index is 13.2. The van der Waals surface area contributed by atoms with E-state index in [0.717, 1.165) is 11.1 Å². The Morgan fingerprint density at radius 2 is 1.57 bits per heavy atom. The summed E-state index contributed by atoms with van der Waals surface area (Å²) in [6.07, 6.45) is -0.160. The fourth-order valence-corrected chi connectivity index (χ4v) is 4.01. The number of anilines is 1. The fourth-order valence-electron chi connectivity index (χ4n) is 3.31. The van der Waals surface area contributed by atoms with E-state index in [1.807, 2.05) is 74.5 Å². The van der Waals surface area contributed by atoms with Crippen molar-refractivity contribution in [2.75, 3.05) is 5.32 Å². The highest BCUT2D eigenvalue weighted by Gasteiger charge is 2.39. The number of nitrogens with one attached hydrogen (secondary N) is 1. The average Bonchev–Trinajstić information content (AvgIpc) is 3.09. The largest absolute Gasteiger partial charge is 0.481 e. The topological polar surface area (TPSA) is 79.3 Å². The quantitative estimate of drug-likeness (QED) is 0.615. The summed E-state index contributed by atoms with van der Waals surface area (Å²) in [6.45, 7) is 3.83. The summed E-state index contributed by atoms with van der Waals surface area (Å²) in [7, 11) is 0. The van der Waals surface area contributed by atoms with Crippen LogP contribution in [0.1, 0.15) is 36.6 Å². The van der Waals surface area contributed by atoms with E-state index in [4.69, 9.17) is 5.11 Å². The van der Waals surface area contributed by atoms with Gasteiger partial charge in [-0.25, -0.2) is 4.98 Å². The summed E-state index contributed by atoms with van der Waals surface area (Å²) in [6, 6.07) is 19.9. The van der Waals surface area contributed by atoms with E-state index in [0.29, 0.717) is 10.8 Å². The van der Waals surface area contributed by atoms with Gasteiger partial charge in [-0.1, -0.05) is 74.5 Å². The van der Waals surface area contributed by atoms with Gasteiger partial charge in [-0.3, -0.25) is 9.59 Å². The van der Waals surface area contributed by atoms with Gasteiger partial charge in [0.2, 0.25) is 5.91 Å². The molecule has 3 aromatic rings. The van der Waals surface area contributed by atoms with E-state index < -0.39 is 11.4 Å². The lowest BCUT2D eigenvalue weighted by atomic mass is 9.70. The van der Waals surface area contributed by atoms with E-state index in [1.165, 1.54) is 11.3 Å². The van der Waals surface area contributed by atoms with E-state index >= 15 is 0 Å². The number of rotatable bonds is 7. The zero-order valence-electron chi connectivity index (χ0n) is 15.8. The molecule has 1 heterocycles. The lowest BCUT2D eigenvalue weighted by molar-refractivity contribution is -0.136. The first kappa shape index (κ1) is 19.8. The van der Waals surface area contributed by atoms with Crippen LogP contribution in [0.25, 0.3) is 0 Å². The highest BCUT2D eigenvalue weighted by atomic mass is 32.1. The molecule has 0 atom stereocenters. The number of aromatic nitrogens is 1. The van der Waals surface area contributed by atoms with Crippen molar-refractivity contribution in [1.82, 2.24) is 4.98 Å². The lowest BCUT2D eigenvalue weighted by Gasteiger charge is -2.33. The molecule has 144 valence electrons. The van der Waals surface area contributed by atoms with Crippen LogP contribution in [0.3, 0.4) is 0 Å². The number of carboxylic acids is 1. The Balaban J connectivity index is 1.89. The molecule has 0 fully saturated rings. The van der Waals surface area contributed by atoms with E-state index in [2.05, 4.69) is 10.3 Å². The standard InChI is InChI=1S/C22H22N2O3S/c1-22(2,20(27)24-21-23-17(14-28-21)13-18(25)26)19(15-9-5-3-6-10-15)16-11-7-4-8-12-16/h3-12,14,19H,13H2,1-2H3,(H,25,26)(H,23,24,27). The molecule has 0 spiro atoms. The Hall–Kier alpha value is -2.99. The molecule has 2 N–H and O–H groups in total. The summed E-state index contributed by atoms with van der Waals surface area (Å²) in [5.74, 6) is -1.26. The van der Waals surface area contributed by atoms with Gasteiger partial charge in [-0.15, -0.1) is 11.3 Å². The van der Waals surface area contributed by atoms with Crippen LogP contribution in [-0.4, -0.2) is 22.0 Å². The van der Waals surface area contributed by atoms with Crippen molar-refractivity contribution in [3.8, 4) is 0 Å². The first-order chi connectivity index (χ1) is 13.4.